The lowest BCUT2D eigenvalue weighted by Crippen LogP contribution is -2.40. The first-order valence-corrected chi connectivity index (χ1v) is 9.42. The number of nitrogens with zero attached hydrogens (tertiary/aromatic N) is 2. The molecule has 0 saturated carbocycles. The van der Waals surface area contributed by atoms with E-state index in [1.54, 1.807) is 6.92 Å². The predicted molar refractivity (Wildman–Crippen MR) is 111 cm³/mol. The molecule has 1 aliphatic heterocycles. The second-order valence-electron chi connectivity index (χ2n) is 7.31. The van der Waals surface area contributed by atoms with E-state index >= 15 is 0 Å². The van der Waals surface area contributed by atoms with E-state index in [0.717, 1.165) is 16.7 Å². The lowest BCUT2D eigenvalue weighted by atomic mass is 9.92. The quantitative estimate of drug-likeness (QED) is 0.393. The van der Waals surface area contributed by atoms with E-state index in [2.05, 4.69) is 5.32 Å². The maximum absolute atomic E-state index is 13.1. The summed E-state index contributed by atoms with van der Waals surface area (Å²) in [6.45, 7) is 1.75. The molecule has 7 nitrogen and oxygen atoms in total. The van der Waals surface area contributed by atoms with Gasteiger partial charge in [0.15, 0.2) is 0 Å². The minimum atomic E-state index is -1.27. The smallest absolute Gasteiger partial charge is 0.319 e. The van der Waals surface area contributed by atoms with Crippen LogP contribution in [0.15, 0.2) is 78.9 Å². The average molecular weight is 401 g/mol. The highest BCUT2D eigenvalue weighted by atomic mass is 16.6. The van der Waals surface area contributed by atoms with Gasteiger partial charge in [0.2, 0.25) is 0 Å². The Bertz CT molecular complexity index is 1110. The van der Waals surface area contributed by atoms with Crippen LogP contribution in [0.3, 0.4) is 0 Å². The van der Waals surface area contributed by atoms with Crippen LogP contribution in [0.25, 0.3) is 11.1 Å². The molecule has 0 aliphatic carbocycles. The van der Waals surface area contributed by atoms with Crippen LogP contribution >= 0.6 is 0 Å². The molecule has 30 heavy (non-hydrogen) atoms. The lowest BCUT2D eigenvalue weighted by molar-refractivity contribution is -0.384. The third kappa shape index (κ3) is 3.41. The average Bonchev–Trinajstić information content (AvgIpc) is 2.99. The number of nitro groups is 1. The number of urea groups is 1. The van der Waals surface area contributed by atoms with Gasteiger partial charge >= 0.3 is 6.03 Å². The topological polar surface area (TPSA) is 92.6 Å². The number of nitro benzene ring substituents is 1. The monoisotopic (exact) mass is 401 g/mol. The third-order valence-electron chi connectivity index (χ3n) is 5.33. The second kappa shape index (κ2) is 7.44. The molecule has 0 spiro atoms. The molecule has 150 valence electrons. The molecule has 3 aromatic carbocycles. The SMILES string of the molecule is C[C@@]1(c2ccc([N+](=O)[O-])cc2)NC(=O)N(Cc2ccc(-c3ccccc3)cc2)C1=O. The third-order valence-corrected chi connectivity index (χ3v) is 5.33. The summed E-state index contributed by atoms with van der Waals surface area (Å²) < 4.78 is 0. The van der Waals surface area contributed by atoms with Gasteiger partial charge in [-0.05, 0) is 41.3 Å². The maximum atomic E-state index is 13.1. The number of carbonyl (C=O) groups is 2. The van der Waals surface area contributed by atoms with E-state index in [1.165, 1.54) is 29.2 Å². The number of imide groups is 1. The second-order valence-corrected chi connectivity index (χ2v) is 7.31. The summed E-state index contributed by atoms with van der Waals surface area (Å²) in [6.07, 6.45) is 0. The largest absolute Gasteiger partial charge is 0.325 e. The first kappa shape index (κ1) is 19.3. The van der Waals surface area contributed by atoms with Gasteiger partial charge in [0.05, 0.1) is 11.5 Å². The van der Waals surface area contributed by atoms with Crippen molar-refractivity contribution in [1.82, 2.24) is 10.2 Å². The van der Waals surface area contributed by atoms with Gasteiger partial charge in [-0.3, -0.25) is 19.8 Å². The van der Waals surface area contributed by atoms with Crippen molar-refractivity contribution >= 4 is 17.6 Å². The number of rotatable bonds is 5. The standard InChI is InChI=1S/C23H19N3O4/c1-23(19-11-13-20(14-12-19)26(29)30)21(27)25(22(28)24-23)15-16-7-9-18(10-8-16)17-5-3-2-4-6-17/h2-14H,15H2,1H3,(H,24,28)/t23-/m0/s1. The Morgan fingerprint density at radius 2 is 1.50 bits per heavy atom. The molecule has 1 aliphatic rings. The molecule has 0 radical (unpaired) electrons. The van der Waals surface area contributed by atoms with Crippen LogP contribution in [0.4, 0.5) is 10.5 Å². The molecule has 0 bridgehead atoms. The number of carbonyl (C=O) groups excluding carboxylic acids is 2. The van der Waals surface area contributed by atoms with Crippen LogP contribution in [0.5, 0.6) is 0 Å². The van der Waals surface area contributed by atoms with Crippen molar-refractivity contribution in [2.24, 2.45) is 0 Å². The van der Waals surface area contributed by atoms with Gasteiger partial charge in [-0.1, -0.05) is 54.6 Å². The van der Waals surface area contributed by atoms with E-state index in [1.807, 2.05) is 54.6 Å². The number of hydrogen-bond acceptors (Lipinski definition) is 4. The molecule has 0 aromatic heterocycles. The van der Waals surface area contributed by atoms with Crippen molar-refractivity contribution in [3.63, 3.8) is 0 Å². The number of nitrogens with one attached hydrogen (secondary N) is 1. The molecule has 1 saturated heterocycles. The molecule has 1 fully saturated rings. The van der Waals surface area contributed by atoms with Crippen LogP contribution in [-0.4, -0.2) is 21.8 Å². The Hall–Kier alpha value is -4.00. The molecule has 1 heterocycles. The van der Waals surface area contributed by atoms with E-state index < -0.39 is 22.4 Å². The highest BCUT2D eigenvalue weighted by Gasteiger charge is 2.48. The van der Waals surface area contributed by atoms with E-state index in [-0.39, 0.29) is 12.2 Å². The van der Waals surface area contributed by atoms with Gasteiger partial charge in [-0.2, -0.15) is 0 Å². The molecule has 3 aromatic rings. The van der Waals surface area contributed by atoms with Gasteiger partial charge < -0.3 is 5.32 Å². The van der Waals surface area contributed by atoms with Crippen molar-refractivity contribution in [1.29, 1.82) is 0 Å². The summed E-state index contributed by atoms with van der Waals surface area (Å²) in [7, 11) is 0. The molecule has 1 N–H and O–H groups in total. The molecule has 0 unspecified atom stereocenters. The predicted octanol–water partition coefficient (Wildman–Crippen LogP) is 4.23. The van der Waals surface area contributed by atoms with Gasteiger partial charge in [-0.25, -0.2) is 4.79 Å². The van der Waals surface area contributed by atoms with Gasteiger partial charge in [0.1, 0.15) is 5.54 Å². The van der Waals surface area contributed by atoms with Crippen molar-refractivity contribution < 1.29 is 14.5 Å². The van der Waals surface area contributed by atoms with Gasteiger partial charge in [-0.15, -0.1) is 0 Å². The van der Waals surface area contributed by atoms with Crippen LogP contribution in [0.1, 0.15) is 18.1 Å². The molecule has 3 amide bonds. The number of amides is 3. The fourth-order valence-electron chi connectivity index (χ4n) is 3.57. The summed E-state index contributed by atoms with van der Waals surface area (Å²) in [5.74, 6) is -0.395. The fraction of sp³-hybridized carbons (Fsp3) is 0.130. The Labute approximate surface area is 173 Å². The Morgan fingerprint density at radius 3 is 2.10 bits per heavy atom. The first-order valence-electron chi connectivity index (χ1n) is 9.42. The maximum Gasteiger partial charge on any atom is 0.325 e. The molecular formula is C23H19N3O4. The summed E-state index contributed by atoms with van der Waals surface area (Å²) in [4.78, 5) is 37.1. The molecule has 7 heteroatoms. The minimum absolute atomic E-state index is 0.0746. The van der Waals surface area contributed by atoms with Gasteiger partial charge in [0.25, 0.3) is 11.6 Å². The molecular weight excluding hydrogens is 382 g/mol. The Balaban J connectivity index is 1.53. The van der Waals surface area contributed by atoms with Crippen molar-refractivity contribution in [2.45, 2.75) is 19.0 Å². The normalized spacial score (nSPS) is 18.4. The van der Waals surface area contributed by atoms with Crippen molar-refractivity contribution in [3.05, 3.63) is 100 Å². The summed E-state index contributed by atoms with van der Waals surface area (Å²) in [5, 5.41) is 13.6. The van der Waals surface area contributed by atoms with Gasteiger partial charge in [0, 0.05) is 12.1 Å². The van der Waals surface area contributed by atoms with Crippen LogP contribution in [0, 0.1) is 10.1 Å². The Morgan fingerprint density at radius 1 is 0.900 bits per heavy atom. The van der Waals surface area contributed by atoms with Crippen molar-refractivity contribution in [2.75, 3.05) is 0 Å². The number of hydrogen-bond donors (Lipinski definition) is 1. The van der Waals surface area contributed by atoms with Crippen LogP contribution < -0.4 is 5.32 Å². The number of benzene rings is 3. The van der Waals surface area contributed by atoms with Crippen LogP contribution in [0.2, 0.25) is 0 Å². The van der Waals surface area contributed by atoms with Crippen LogP contribution in [-0.2, 0) is 16.9 Å². The Kier molecular flexibility index (Phi) is 4.79. The number of non-ortho nitro benzene ring substituents is 1. The summed E-state index contributed by atoms with van der Waals surface area (Å²) in [6, 6.07) is 22.8. The van der Waals surface area contributed by atoms with Crippen molar-refractivity contribution in [3.8, 4) is 11.1 Å². The lowest BCUT2D eigenvalue weighted by Gasteiger charge is -2.22. The molecule has 1 atom stereocenters. The van der Waals surface area contributed by atoms with E-state index in [4.69, 9.17) is 0 Å². The zero-order chi connectivity index (χ0) is 21.3. The van der Waals surface area contributed by atoms with E-state index in [0.29, 0.717) is 5.56 Å². The summed E-state index contributed by atoms with van der Waals surface area (Å²) in [5.41, 5.74) is 2.11. The zero-order valence-electron chi connectivity index (χ0n) is 16.2. The fourth-order valence-corrected chi connectivity index (χ4v) is 3.57. The first-order chi connectivity index (χ1) is 14.4. The highest BCUT2D eigenvalue weighted by Crippen LogP contribution is 2.31. The minimum Gasteiger partial charge on any atom is -0.319 e. The molecule has 4 rings (SSSR count). The highest BCUT2D eigenvalue weighted by molar-refractivity contribution is 6.07. The zero-order valence-corrected chi connectivity index (χ0v) is 16.2. The van der Waals surface area contributed by atoms with E-state index in [9.17, 15) is 19.7 Å². The summed E-state index contributed by atoms with van der Waals surface area (Å²) >= 11 is 0.